The molecule has 0 spiro atoms. The predicted octanol–water partition coefficient (Wildman–Crippen LogP) is 2.80. The summed E-state index contributed by atoms with van der Waals surface area (Å²) in [5.74, 6) is 0.967. The Kier molecular flexibility index (Phi) is 7.24. The highest BCUT2D eigenvalue weighted by atomic mass is 19.1. The Morgan fingerprint density at radius 2 is 2.14 bits per heavy atom. The van der Waals surface area contributed by atoms with Gasteiger partial charge in [-0.1, -0.05) is 19.9 Å². The monoisotopic (exact) mass is 290 g/mol. The summed E-state index contributed by atoms with van der Waals surface area (Å²) in [6, 6.07) is 6.39. The van der Waals surface area contributed by atoms with Gasteiger partial charge in [0.05, 0.1) is 11.6 Å². The molecule has 0 aliphatic rings. The summed E-state index contributed by atoms with van der Waals surface area (Å²) in [7, 11) is 1.69. The van der Waals surface area contributed by atoms with Gasteiger partial charge in [0.1, 0.15) is 5.82 Å². The summed E-state index contributed by atoms with van der Waals surface area (Å²) in [6.45, 7) is 5.57. The minimum Gasteiger partial charge on any atom is -0.356 e. The first-order valence-electron chi connectivity index (χ1n) is 7.20. The van der Waals surface area contributed by atoms with Crippen molar-refractivity contribution < 1.29 is 4.39 Å². The van der Waals surface area contributed by atoms with E-state index in [2.05, 4.69) is 29.5 Å². The highest BCUT2D eigenvalue weighted by Crippen LogP contribution is 2.09. The third-order valence-corrected chi connectivity index (χ3v) is 3.10. The van der Waals surface area contributed by atoms with Crippen molar-refractivity contribution in [2.45, 2.75) is 33.2 Å². The van der Waals surface area contributed by atoms with Gasteiger partial charge in [0.15, 0.2) is 5.96 Å². The van der Waals surface area contributed by atoms with E-state index in [9.17, 15) is 4.39 Å². The van der Waals surface area contributed by atoms with Crippen LogP contribution in [0.4, 0.5) is 4.39 Å². The van der Waals surface area contributed by atoms with Gasteiger partial charge in [0.25, 0.3) is 0 Å². The van der Waals surface area contributed by atoms with Crippen molar-refractivity contribution in [2.75, 3.05) is 13.6 Å². The maximum Gasteiger partial charge on any atom is 0.191 e. The second-order valence-corrected chi connectivity index (χ2v) is 5.31. The van der Waals surface area contributed by atoms with Crippen LogP contribution in [0.15, 0.2) is 23.2 Å². The summed E-state index contributed by atoms with van der Waals surface area (Å²) in [6.07, 6.45) is 2.23. The fourth-order valence-electron chi connectivity index (χ4n) is 1.88. The molecule has 114 valence electrons. The quantitative estimate of drug-likeness (QED) is 0.481. The topological polar surface area (TPSA) is 60.2 Å². The molecule has 21 heavy (non-hydrogen) atoms. The lowest BCUT2D eigenvalue weighted by atomic mass is 10.1. The third-order valence-electron chi connectivity index (χ3n) is 3.10. The van der Waals surface area contributed by atoms with E-state index in [0.29, 0.717) is 29.5 Å². The maximum atomic E-state index is 13.7. The van der Waals surface area contributed by atoms with E-state index in [1.807, 2.05) is 6.07 Å². The molecule has 1 rings (SSSR count). The Hall–Kier alpha value is -2.09. The van der Waals surface area contributed by atoms with Gasteiger partial charge in [-0.05, 0) is 30.9 Å². The molecule has 0 aliphatic heterocycles. The second kappa shape index (κ2) is 8.96. The molecule has 4 nitrogen and oxygen atoms in total. The molecule has 0 saturated carbocycles. The highest BCUT2D eigenvalue weighted by Gasteiger charge is 2.05. The van der Waals surface area contributed by atoms with Crippen LogP contribution in [0, 0.1) is 23.1 Å². The van der Waals surface area contributed by atoms with Gasteiger partial charge in [0, 0.05) is 25.7 Å². The number of nitriles is 1. The largest absolute Gasteiger partial charge is 0.356 e. The Labute approximate surface area is 126 Å². The predicted molar refractivity (Wildman–Crippen MR) is 83.4 cm³/mol. The SMILES string of the molecule is CN=C(NCCCC(C)C)NCc1ccc(C#N)cc1F. The number of halogens is 1. The fraction of sp³-hybridized carbons (Fsp3) is 0.500. The molecule has 0 unspecified atom stereocenters. The van der Waals surface area contributed by atoms with E-state index in [4.69, 9.17) is 5.26 Å². The second-order valence-electron chi connectivity index (χ2n) is 5.31. The summed E-state index contributed by atoms with van der Waals surface area (Å²) in [5.41, 5.74) is 0.839. The molecule has 0 atom stereocenters. The first kappa shape index (κ1) is 17.0. The number of benzene rings is 1. The standard InChI is InChI=1S/C16H23FN4/c1-12(2)5-4-8-20-16(19-3)21-11-14-7-6-13(10-18)9-15(14)17/h6-7,9,12H,4-5,8,11H2,1-3H3,(H2,19,20,21). The first-order valence-corrected chi connectivity index (χ1v) is 7.20. The fourth-order valence-corrected chi connectivity index (χ4v) is 1.88. The zero-order chi connectivity index (χ0) is 15.7. The average Bonchev–Trinajstić information content (AvgIpc) is 2.47. The molecule has 0 bridgehead atoms. The van der Waals surface area contributed by atoms with E-state index >= 15 is 0 Å². The zero-order valence-corrected chi connectivity index (χ0v) is 12.9. The molecule has 1 aromatic rings. The van der Waals surface area contributed by atoms with Crippen LogP contribution < -0.4 is 10.6 Å². The summed E-state index contributed by atoms with van der Waals surface area (Å²) in [5, 5.41) is 15.0. The zero-order valence-electron chi connectivity index (χ0n) is 12.9. The molecular formula is C16H23FN4. The third kappa shape index (κ3) is 6.26. The van der Waals surface area contributed by atoms with Gasteiger partial charge in [-0.2, -0.15) is 5.26 Å². The molecule has 0 saturated heterocycles. The van der Waals surface area contributed by atoms with Crippen LogP contribution in [0.1, 0.15) is 37.8 Å². The van der Waals surface area contributed by atoms with Crippen molar-refractivity contribution >= 4 is 5.96 Å². The lowest BCUT2D eigenvalue weighted by Crippen LogP contribution is -2.37. The van der Waals surface area contributed by atoms with Gasteiger partial charge < -0.3 is 10.6 Å². The molecule has 0 heterocycles. The molecule has 1 aromatic carbocycles. The van der Waals surface area contributed by atoms with Crippen molar-refractivity contribution in [3.8, 4) is 6.07 Å². The number of nitrogens with one attached hydrogen (secondary N) is 2. The summed E-state index contributed by atoms with van der Waals surface area (Å²) >= 11 is 0. The lowest BCUT2D eigenvalue weighted by Gasteiger charge is -2.13. The lowest BCUT2D eigenvalue weighted by molar-refractivity contribution is 0.549. The van der Waals surface area contributed by atoms with Gasteiger partial charge in [-0.15, -0.1) is 0 Å². The Morgan fingerprint density at radius 3 is 2.71 bits per heavy atom. The molecule has 5 heteroatoms. The average molecular weight is 290 g/mol. The normalized spacial score (nSPS) is 11.3. The minimum absolute atomic E-state index is 0.326. The van der Waals surface area contributed by atoms with E-state index in [0.717, 1.165) is 19.4 Å². The number of rotatable bonds is 6. The van der Waals surface area contributed by atoms with E-state index in [-0.39, 0.29) is 5.82 Å². The smallest absolute Gasteiger partial charge is 0.191 e. The molecule has 0 amide bonds. The molecule has 0 aromatic heterocycles. The number of aliphatic imine (C=N–C) groups is 1. The van der Waals surface area contributed by atoms with E-state index < -0.39 is 0 Å². The van der Waals surface area contributed by atoms with E-state index in [1.165, 1.54) is 6.07 Å². The minimum atomic E-state index is -0.378. The Bertz CT molecular complexity index is 517. The van der Waals surface area contributed by atoms with Crippen LogP contribution in [-0.2, 0) is 6.54 Å². The van der Waals surface area contributed by atoms with Crippen LogP contribution in [0.2, 0.25) is 0 Å². The molecular weight excluding hydrogens is 267 g/mol. The van der Waals surface area contributed by atoms with Crippen LogP contribution >= 0.6 is 0 Å². The van der Waals surface area contributed by atoms with E-state index in [1.54, 1.807) is 19.2 Å². The first-order chi connectivity index (χ1) is 10.1. The van der Waals surface area contributed by atoms with Crippen LogP contribution in [0.3, 0.4) is 0 Å². The van der Waals surface area contributed by atoms with Gasteiger partial charge in [-0.25, -0.2) is 4.39 Å². The number of nitrogens with zero attached hydrogens (tertiary/aromatic N) is 2. The Morgan fingerprint density at radius 1 is 1.38 bits per heavy atom. The maximum absolute atomic E-state index is 13.7. The highest BCUT2D eigenvalue weighted by molar-refractivity contribution is 5.79. The molecule has 0 radical (unpaired) electrons. The van der Waals surface area contributed by atoms with Crippen molar-refractivity contribution in [3.05, 3.63) is 35.1 Å². The van der Waals surface area contributed by atoms with Gasteiger partial charge in [0.2, 0.25) is 0 Å². The molecule has 0 aliphatic carbocycles. The van der Waals surface area contributed by atoms with Crippen LogP contribution in [0.25, 0.3) is 0 Å². The van der Waals surface area contributed by atoms with Gasteiger partial charge >= 0.3 is 0 Å². The van der Waals surface area contributed by atoms with Crippen molar-refractivity contribution in [1.29, 1.82) is 5.26 Å². The van der Waals surface area contributed by atoms with Crippen molar-refractivity contribution in [1.82, 2.24) is 10.6 Å². The van der Waals surface area contributed by atoms with Crippen molar-refractivity contribution in [3.63, 3.8) is 0 Å². The Balaban J connectivity index is 2.43. The van der Waals surface area contributed by atoms with Crippen LogP contribution in [0.5, 0.6) is 0 Å². The molecule has 0 fully saturated rings. The summed E-state index contributed by atoms with van der Waals surface area (Å²) < 4.78 is 13.7. The summed E-state index contributed by atoms with van der Waals surface area (Å²) in [4.78, 5) is 4.10. The van der Waals surface area contributed by atoms with Gasteiger partial charge in [-0.3, -0.25) is 4.99 Å². The van der Waals surface area contributed by atoms with Crippen molar-refractivity contribution in [2.24, 2.45) is 10.9 Å². The van der Waals surface area contributed by atoms with Crippen LogP contribution in [-0.4, -0.2) is 19.6 Å². The molecule has 2 N–H and O–H groups in total. The number of guanidine groups is 1. The number of hydrogen-bond acceptors (Lipinski definition) is 2. The number of hydrogen-bond donors (Lipinski definition) is 2.